The monoisotopic (exact) mass is 516 g/mol. The number of carbonyl (C=O) groups excluding carboxylic acids is 2. The number of aryl methyl sites for hydroxylation is 2. The zero-order chi connectivity index (χ0) is 25.2. The number of carbonyl (C=O) groups is 2. The average molecular weight is 517 g/mol. The van der Waals surface area contributed by atoms with E-state index in [-0.39, 0.29) is 29.9 Å². The molecule has 0 N–H and O–H groups in total. The molecule has 0 saturated carbocycles. The van der Waals surface area contributed by atoms with Gasteiger partial charge < -0.3 is 9.47 Å². The van der Waals surface area contributed by atoms with Crippen LogP contribution in [0.25, 0.3) is 6.08 Å². The number of nitrogens with zero attached hydrogens (tertiary/aromatic N) is 4. The maximum absolute atomic E-state index is 13.4. The van der Waals surface area contributed by atoms with Crippen molar-refractivity contribution in [1.29, 1.82) is 5.26 Å². The van der Waals surface area contributed by atoms with Crippen molar-refractivity contribution in [1.82, 2.24) is 4.98 Å². The lowest BCUT2D eigenvalue weighted by Gasteiger charge is -2.18. The third-order valence-corrected chi connectivity index (χ3v) is 7.49. The fraction of sp³-hybridized carbons (Fsp3) is 0.192. The van der Waals surface area contributed by atoms with Gasteiger partial charge in [0.1, 0.15) is 10.7 Å². The van der Waals surface area contributed by atoms with Gasteiger partial charge in [-0.05, 0) is 49.8 Å². The number of ketones is 1. The number of hydrogen-bond donors (Lipinski definition) is 0. The third kappa shape index (κ3) is 4.76. The Morgan fingerprint density at radius 1 is 1.22 bits per heavy atom. The van der Waals surface area contributed by atoms with E-state index in [0.29, 0.717) is 27.4 Å². The first kappa shape index (κ1) is 23.8. The van der Waals surface area contributed by atoms with Crippen LogP contribution in [0.4, 0.5) is 5.69 Å². The Bertz CT molecular complexity index is 1450. The molecule has 1 amide bonds. The van der Waals surface area contributed by atoms with E-state index in [1.54, 1.807) is 18.2 Å². The van der Waals surface area contributed by atoms with Gasteiger partial charge in [-0.15, -0.1) is 11.3 Å². The number of hydrogen-bond acceptors (Lipinski definition) is 9. The van der Waals surface area contributed by atoms with Crippen molar-refractivity contribution < 1.29 is 19.1 Å². The molecule has 0 radical (unpaired) electrons. The molecule has 8 nitrogen and oxygen atoms in total. The number of amides is 1. The summed E-state index contributed by atoms with van der Waals surface area (Å²) in [6, 6.07) is 14.9. The minimum atomic E-state index is -0.953. The Labute approximate surface area is 215 Å². The van der Waals surface area contributed by atoms with Crippen molar-refractivity contribution in [3.8, 4) is 17.6 Å². The summed E-state index contributed by atoms with van der Waals surface area (Å²) >= 11 is 2.42. The Morgan fingerprint density at radius 3 is 2.72 bits per heavy atom. The van der Waals surface area contributed by atoms with Crippen LogP contribution in [-0.2, 0) is 9.59 Å². The molecule has 10 heteroatoms. The van der Waals surface area contributed by atoms with E-state index in [0.717, 1.165) is 28.6 Å². The van der Waals surface area contributed by atoms with Crippen molar-refractivity contribution in [3.05, 3.63) is 75.4 Å². The van der Waals surface area contributed by atoms with Crippen molar-refractivity contribution in [2.45, 2.75) is 19.8 Å². The van der Waals surface area contributed by atoms with Crippen LogP contribution < -0.4 is 14.4 Å². The van der Waals surface area contributed by atoms with Crippen molar-refractivity contribution in [2.75, 3.05) is 17.4 Å². The Kier molecular flexibility index (Phi) is 6.59. The molecule has 180 valence electrons. The highest BCUT2D eigenvalue weighted by Gasteiger charge is 2.33. The summed E-state index contributed by atoms with van der Waals surface area (Å²) in [6.07, 6.45) is 1.68. The molecule has 1 atom stereocenters. The van der Waals surface area contributed by atoms with Gasteiger partial charge in [-0.1, -0.05) is 35.5 Å². The van der Waals surface area contributed by atoms with Gasteiger partial charge in [0.05, 0.1) is 17.5 Å². The summed E-state index contributed by atoms with van der Waals surface area (Å²) in [4.78, 5) is 36.7. The topological polar surface area (TPSA) is 105 Å². The van der Waals surface area contributed by atoms with Gasteiger partial charge in [0.15, 0.2) is 28.4 Å². The van der Waals surface area contributed by atoms with Crippen LogP contribution in [0.1, 0.15) is 27.7 Å². The molecule has 36 heavy (non-hydrogen) atoms. The molecule has 2 aliphatic heterocycles. The Balaban J connectivity index is 1.42. The van der Waals surface area contributed by atoms with Gasteiger partial charge >= 0.3 is 0 Å². The van der Waals surface area contributed by atoms with E-state index >= 15 is 0 Å². The van der Waals surface area contributed by atoms with Gasteiger partial charge in [-0.2, -0.15) is 5.26 Å². The van der Waals surface area contributed by atoms with Gasteiger partial charge in [0.25, 0.3) is 5.91 Å². The fourth-order valence-electron chi connectivity index (χ4n) is 3.66. The third-order valence-electron chi connectivity index (χ3n) is 5.50. The molecule has 2 aliphatic rings. The number of nitriles is 1. The molecule has 3 heterocycles. The average Bonchev–Trinajstić information content (AvgIpc) is 3.58. The maximum atomic E-state index is 13.4. The van der Waals surface area contributed by atoms with E-state index in [9.17, 15) is 14.9 Å². The van der Waals surface area contributed by atoms with E-state index in [4.69, 9.17) is 9.47 Å². The van der Waals surface area contributed by atoms with Crippen LogP contribution in [-0.4, -0.2) is 34.4 Å². The molecular weight excluding hydrogens is 496 g/mol. The van der Waals surface area contributed by atoms with E-state index in [1.165, 1.54) is 16.2 Å². The first-order valence-electron chi connectivity index (χ1n) is 11.0. The smallest absolute Gasteiger partial charge is 0.283 e. The van der Waals surface area contributed by atoms with E-state index < -0.39 is 5.92 Å². The highest BCUT2D eigenvalue weighted by atomic mass is 32.2. The Hall–Kier alpha value is -3.94. The molecule has 0 aliphatic carbocycles. The normalized spacial score (nSPS) is 16.2. The van der Waals surface area contributed by atoms with Crippen molar-refractivity contribution in [3.63, 3.8) is 0 Å². The number of aliphatic imine (C=N–C) groups is 1. The molecule has 2 aromatic carbocycles. The summed E-state index contributed by atoms with van der Waals surface area (Å²) in [5.74, 6) is -0.317. The van der Waals surface area contributed by atoms with E-state index in [1.807, 2.05) is 49.6 Å². The number of anilines is 1. The van der Waals surface area contributed by atoms with Gasteiger partial charge in [-0.25, -0.2) is 9.98 Å². The van der Waals surface area contributed by atoms with E-state index in [2.05, 4.69) is 16.0 Å². The largest absolute Gasteiger partial charge is 0.454 e. The lowest BCUT2D eigenvalue weighted by Crippen LogP contribution is -2.31. The molecule has 1 aromatic heterocycles. The quantitative estimate of drug-likeness (QED) is 0.432. The highest BCUT2D eigenvalue weighted by molar-refractivity contribution is 8.14. The lowest BCUT2D eigenvalue weighted by molar-refractivity contribution is -0.117. The number of rotatable bonds is 6. The second-order valence-corrected chi connectivity index (χ2v) is 9.99. The molecule has 0 saturated heterocycles. The number of benzene rings is 2. The number of Topliss-reactive ketones (excluding diaryl/α,β-unsaturated/α-hetero) is 1. The molecule has 3 aromatic rings. The molecule has 0 fully saturated rings. The maximum Gasteiger partial charge on any atom is 0.283 e. The number of ether oxygens (including phenoxy) is 2. The fourth-order valence-corrected chi connectivity index (χ4v) is 5.44. The van der Waals surface area contributed by atoms with Crippen LogP contribution >= 0.6 is 23.1 Å². The second-order valence-electron chi connectivity index (χ2n) is 8.16. The summed E-state index contributed by atoms with van der Waals surface area (Å²) in [7, 11) is 0. The zero-order valence-corrected chi connectivity index (χ0v) is 21.1. The van der Waals surface area contributed by atoms with Crippen molar-refractivity contribution >= 4 is 51.7 Å². The first-order valence-corrected chi connectivity index (χ1v) is 12.9. The molecule has 0 unspecified atom stereocenters. The lowest BCUT2D eigenvalue weighted by atomic mass is 10.1. The number of aromatic nitrogens is 1. The number of amidine groups is 1. The van der Waals surface area contributed by atoms with Gasteiger partial charge in [-0.3, -0.25) is 14.5 Å². The standard InChI is InChI=1S/C26H20N4O4S2/c1-15-3-6-18(7-4-15)30-25(32)20(9-17-5-8-22-23(10-17)34-14-33-22)29-26(30)36-13-21(31)19(11-27)24-28-16(2)12-35-24/h3-10,12,19H,13-14H2,1-2H3/b20-9+/t19-/m0/s1. The Morgan fingerprint density at radius 2 is 2.00 bits per heavy atom. The van der Waals surface area contributed by atoms with Crippen molar-refractivity contribution in [2.24, 2.45) is 4.99 Å². The first-order chi connectivity index (χ1) is 17.4. The summed E-state index contributed by atoms with van der Waals surface area (Å²) < 4.78 is 10.8. The van der Waals surface area contributed by atoms with Crippen LogP contribution in [0.2, 0.25) is 0 Å². The molecule has 0 spiro atoms. The van der Waals surface area contributed by atoms with Crippen LogP contribution in [0.5, 0.6) is 11.5 Å². The van der Waals surface area contributed by atoms with Crippen LogP contribution in [0.15, 0.2) is 58.5 Å². The predicted molar refractivity (Wildman–Crippen MR) is 139 cm³/mol. The molecule has 5 rings (SSSR count). The second kappa shape index (κ2) is 9.97. The minimum Gasteiger partial charge on any atom is -0.454 e. The SMILES string of the molecule is Cc1ccc(N2C(=O)/C(=C\c3ccc4c(c3)OCO4)N=C2SCC(=O)[C@H](C#N)c2nc(C)cs2)cc1. The number of thiazole rings is 1. The number of fused-ring (bicyclic) bond motifs is 1. The summed E-state index contributed by atoms with van der Waals surface area (Å²) in [6.45, 7) is 3.94. The minimum absolute atomic E-state index is 0.0252. The summed E-state index contributed by atoms with van der Waals surface area (Å²) in [5.41, 5.74) is 3.44. The molecular formula is C26H20N4O4S2. The summed E-state index contributed by atoms with van der Waals surface area (Å²) in [5, 5.41) is 12.2. The highest BCUT2D eigenvalue weighted by Crippen LogP contribution is 2.35. The zero-order valence-electron chi connectivity index (χ0n) is 19.4. The predicted octanol–water partition coefficient (Wildman–Crippen LogP) is 4.84. The van der Waals surface area contributed by atoms with Gasteiger partial charge in [0, 0.05) is 11.1 Å². The molecule has 0 bridgehead atoms. The number of thioether (sulfide) groups is 1. The van der Waals surface area contributed by atoms with Crippen LogP contribution in [0.3, 0.4) is 0 Å². The van der Waals surface area contributed by atoms with Gasteiger partial charge in [0.2, 0.25) is 6.79 Å². The van der Waals surface area contributed by atoms with Crippen LogP contribution in [0, 0.1) is 25.2 Å².